The molecule has 1 saturated carbocycles. The Labute approximate surface area is 250 Å². The van der Waals surface area contributed by atoms with Gasteiger partial charge in [-0.15, -0.1) is 0 Å². The molecule has 1 fully saturated rings. The zero-order chi connectivity index (χ0) is 30.7. The van der Waals surface area contributed by atoms with Crippen LogP contribution >= 0.6 is 0 Å². The van der Waals surface area contributed by atoms with Crippen molar-refractivity contribution in [2.24, 2.45) is 0 Å². The average molecular weight is 581 g/mol. The number of nitriles is 1. The van der Waals surface area contributed by atoms with Gasteiger partial charge in [0.25, 0.3) is 5.56 Å². The molecule has 11 nitrogen and oxygen atoms in total. The van der Waals surface area contributed by atoms with E-state index in [4.69, 9.17) is 9.72 Å². The topological polar surface area (TPSA) is 131 Å². The monoisotopic (exact) mass is 580 g/mol. The normalized spacial score (nSPS) is 16.8. The minimum atomic E-state index is -0.568. The molecular weight excluding hydrogens is 544 g/mol. The summed E-state index contributed by atoms with van der Waals surface area (Å²) in [5.74, 6) is 0.352. The highest BCUT2D eigenvalue weighted by Crippen LogP contribution is 2.47. The molecule has 2 aliphatic rings. The number of nitrogens with one attached hydrogen (secondary N) is 1. The van der Waals surface area contributed by atoms with Gasteiger partial charge in [0.2, 0.25) is 5.95 Å². The standard InChI is InChI=1S/C32H36N8O3/c1-7-39-27(41)23-18-35-28(37-26(23)40(39)22-10-14-34-25(17-22)32(19-33)12-13-32)36-21-8-9-24-20(16-21)11-15-38(31(24,5)6)29(42)43-30(2,3)4/h8-10,14,16-18H,7,11-13,15H2,1-6H3,(H,35,36,37). The zero-order valence-electron chi connectivity index (χ0n) is 25.4. The van der Waals surface area contributed by atoms with Gasteiger partial charge < -0.3 is 10.1 Å². The van der Waals surface area contributed by atoms with Gasteiger partial charge in [-0.3, -0.25) is 14.7 Å². The first-order valence-electron chi connectivity index (χ1n) is 14.6. The summed E-state index contributed by atoms with van der Waals surface area (Å²) in [6.45, 7) is 12.5. The summed E-state index contributed by atoms with van der Waals surface area (Å²) in [6.07, 6.45) is 5.15. The highest BCUT2D eigenvalue weighted by Gasteiger charge is 2.46. The maximum Gasteiger partial charge on any atom is 0.411 e. The van der Waals surface area contributed by atoms with Gasteiger partial charge in [-0.05, 0) is 96.2 Å². The Hall–Kier alpha value is -4.72. The van der Waals surface area contributed by atoms with Crippen LogP contribution in [0.2, 0.25) is 0 Å². The maximum atomic E-state index is 13.3. The zero-order valence-corrected chi connectivity index (χ0v) is 25.4. The Balaban J connectivity index is 1.33. The van der Waals surface area contributed by atoms with E-state index in [1.165, 1.54) is 0 Å². The fourth-order valence-corrected chi connectivity index (χ4v) is 5.90. The van der Waals surface area contributed by atoms with Crippen molar-refractivity contribution in [3.63, 3.8) is 0 Å². The van der Waals surface area contributed by atoms with E-state index in [2.05, 4.69) is 27.4 Å². The highest BCUT2D eigenvalue weighted by molar-refractivity contribution is 5.77. The van der Waals surface area contributed by atoms with Crippen molar-refractivity contribution in [1.29, 1.82) is 5.26 Å². The van der Waals surface area contributed by atoms with E-state index in [0.29, 0.717) is 42.2 Å². The number of nitrogens with zero attached hydrogens (tertiary/aromatic N) is 7. The van der Waals surface area contributed by atoms with E-state index in [1.807, 2.05) is 65.8 Å². The molecule has 3 aromatic heterocycles. The molecule has 1 aliphatic carbocycles. The largest absolute Gasteiger partial charge is 0.444 e. The molecule has 1 aromatic carbocycles. The molecular formula is C32H36N8O3. The molecule has 4 heterocycles. The fraction of sp³-hybridized carbons (Fsp3) is 0.438. The molecule has 1 N–H and O–H groups in total. The highest BCUT2D eigenvalue weighted by atomic mass is 16.6. The van der Waals surface area contributed by atoms with Crippen LogP contribution in [0.25, 0.3) is 16.7 Å². The number of pyridine rings is 1. The number of rotatable bonds is 5. The van der Waals surface area contributed by atoms with Crippen LogP contribution in [0.4, 0.5) is 16.4 Å². The first-order valence-corrected chi connectivity index (χ1v) is 14.6. The summed E-state index contributed by atoms with van der Waals surface area (Å²) in [4.78, 5) is 41.7. The van der Waals surface area contributed by atoms with Crippen LogP contribution in [0.1, 0.15) is 71.2 Å². The van der Waals surface area contributed by atoms with Gasteiger partial charge in [-0.25, -0.2) is 19.1 Å². The van der Waals surface area contributed by atoms with Crippen LogP contribution in [-0.2, 0) is 28.7 Å². The molecule has 43 heavy (non-hydrogen) atoms. The number of hydrogen-bond donors (Lipinski definition) is 1. The second-order valence-electron chi connectivity index (χ2n) is 12.8. The number of amides is 1. The van der Waals surface area contributed by atoms with Crippen molar-refractivity contribution in [2.45, 2.75) is 83.9 Å². The van der Waals surface area contributed by atoms with Crippen molar-refractivity contribution >= 4 is 28.8 Å². The smallest absolute Gasteiger partial charge is 0.411 e. The Morgan fingerprint density at radius 3 is 2.60 bits per heavy atom. The van der Waals surface area contributed by atoms with E-state index in [9.17, 15) is 14.9 Å². The quantitative estimate of drug-likeness (QED) is 0.335. The van der Waals surface area contributed by atoms with Gasteiger partial charge in [0.05, 0.1) is 28.4 Å². The molecule has 0 saturated heterocycles. The first kappa shape index (κ1) is 28.4. The number of benzene rings is 1. The van der Waals surface area contributed by atoms with E-state index in [0.717, 1.165) is 35.3 Å². The molecule has 0 atom stereocenters. The third-order valence-electron chi connectivity index (χ3n) is 8.33. The molecule has 11 heteroatoms. The van der Waals surface area contributed by atoms with Crippen molar-refractivity contribution in [3.8, 4) is 11.8 Å². The van der Waals surface area contributed by atoms with Crippen LogP contribution < -0.4 is 10.9 Å². The Morgan fingerprint density at radius 2 is 1.93 bits per heavy atom. The third kappa shape index (κ3) is 4.90. The average Bonchev–Trinajstić information content (AvgIpc) is 3.71. The summed E-state index contributed by atoms with van der Waals surface area (Å²) >= 11 is 0. The second kappa shape index (κ2) is 9.93. The van der Waals surface area contributed by atoms with Gasteiger partial charge >= 0.3 is 6.09 Å². The van der Waals surface area contributed by atoms with Crippen molar-refractivity contribution in [1.82, 2.24) is 29.2 Å². The summed E-state index contributed by atoms with van der Waals surface area (Å²) in [5, 5.41) is 13.4. The molecule has 0 radical (unpaired) electrons. The SMILES string of the molecule is CCn1c(=O)c2cnc(Nc3ccc4c(c3)CCN(C(=O)OC(C)(C)C)C4(C)C)nc2n1-c1ccnc(C2(C#N)CC2)c1. The number of carbonyl (C=O) groups is 1. The Morgan fingerprint density at radius 1 is 1.16 bits per heavy atom. The lowest BCUT2D eigenvalue weighted by Gasteiger charge is -2.44. The second-order valence-corrected chi connectivity index (χ2v) is 12.8. The summed E-state index contributed by atoms with van der Waals surface area (Å²) in [7, 11) is 0. The van der Waals surface area contributed by atoms with Gasteiger partial charge in [-0.2, -0.15) is 10.2 Å². The fourth-order valence-electron chi connectivity index (χ4n) is 5.90. The summed E-state index contributed by atoms with van der Waals surface area (Å²) in [5.41, 5.74) is 3.03. The van der Waals surface area contributed by atoms with E-state index in [1.54, 1.807) is 26.7 Å². The Bertz CT molecular complexity index is 1850. The summed E-state index contributed by atoms with van der Waals surface area (Å²) in [6, 6.07) is 12.1. The number of anilines is 2. The predicted octanol–water partition coefficient (Wildman–Crippen LogP) is 5.32. The van der Waals surface area contributed by atoms with Gasteiger partial charge in [0, 0.05) is 31.2 Å². The molecule has 0 unspecified atom stereocenters. The van der Waals surface area contributed by atoms with Crippen LogP contribution in [-0.4, -0.2) is 47.5 Å². The van der Waals surface area contributed by atoms with Crippen LogP contribution in [0.5, 0.6) is 0 Å². The number of ether oxygens (including phenoxy) is 1. The van der Waals surface area contributed by atoms with E-state index < -0.39 is 16.6 Å². The van der Waals surface area contributed by atoms with E-state index >= 15 is 0 Å². The lowest BCUT2D eigenvalue weighted by molar-refractivity contribution is -0.000301. The molecule has 1 amide bonds. The number of fused-ring (bicyclic) bond motifs is 2. The summed E-state index contributed by atoms with van der Waals surface area (Å²) < 4.78 is 9.07. The maximum absolute atomic E-state index is 13.3. The number of aromatic nitrogens is 5. The van der Waals surface area contributed by atoms with Crippen molar-refractivity contribution in [3.05, 3.63) is 69.9 Å². The van der Waals surface area contributed by atoms with Crippen molar-refractivity contribution < 1.29 is 9.53 Å². The lowest BCUT2D eigenvalue weighted by Crippen LogP contribution is -2.51. The molecule has 1 aliphatic heterocycles. The Kier molecular flexibility index (Phi) is 6.56. The number of carbonyl (C=O) groups excluding carboxylic acids is 1. The minimum Gasteiger partial charge on any atom is -0.444 e. The van der Waals surface area contributed by atoms with Crippen LogP contribution in [0, 0.1) is 11.3 Å². The van der Waals surface area contributed by atoms with Gasteiger partial charge in [-0.1, -0.05) is 6.07 Å². The van der Waals surface area contributed by atoms with E-state index in [-0.39, 0.29) is 11.7 Å². The van der Waals surface area contributed by atoms with Crippen LogP contribution in [0.15, 0.2) is 47.5 Å². The predicted molar refractivity (Wildman–Crippen MR) is 163 cm³/mol. The van der Waals surface area contributed by atoms with Gasteiger partial charge in [0.1, 0.15) is 11.0 Å². The van der Waals surface area contributed by atoms with Crippen LogP contribution in [0.3, 0.4) is 0 Å². The molecule has 0 spiro atoms. The minimum absolute atomic E-state index is 0.186. The lowest BCUT2D eigenvalue weighted by atomic mass is 9.83. The molecule has 0 bridgehead atoms. The molecule has 222 valence electrons. The molecule has 6 rings (SSSR count). The van der Waals surface area contributed by atoms with Gasteiger partial charge in [0.15, 0.2) is 5.65 Å². The third-order valence-corrected chi connectivity index (χ3v) is 8.33. The molecule has 4 aromatic rings. The van der Waals surface area contributed by atoms with Crippen molar-refractivity contribution in [2.75, 3.05) is 11.9 Å². The number of hydrogen-bond acceptors (Lipinski definition) is 8. The first-order chi connectivity index (χ1) is 20.4.